The zero-order valence-electron chi connectivity index (χ0n) is 14.5. The molecule has 2 heterocycles. The Bertz CT molecular complexity index is 908. The van der Waals surface area contributed by atoms with Crippen molar-refractivity contribution in [2.45, 2.75) is 39.1 Å². The molecule has 0 unspecified atom stereocenters. The molecule has 6 nitrogen and oxygen atoms in total. The van der Waals surface area contributed by atoms with Crippen LogP contribution >= 0.6 is 11.6 Å². The fourth-order valence-electron chi connectivity index (χ4n) is 2.65. The number of aryl methyl sites for hydroxylation is 2. The highest BCUT2D eigenvalue weighted by Gasteiger charge is 2.33. The smallest absolute Gasteiger partial charge is 0.382 e. The Balaban J connectivity index is 1.71. The van der Waals surface area contributed by atoms with E-state index < -0.39 is 23.8 Å². The summed E-state index contributed by atoms with van der Waals surface area (Å²) in [4.78, 5) is 17.5. The van der Waals surface area contributed by atoms with Gasteiger partial charge in [0.15, 0.2) is 0 Å². The first kappa shape index (κ1) is 19.2. The van der Waals surface area contributed by atoms with Crippen molar-refractivity contribution >= 4 is 28.9 Å². The van der Waals surface area contributed by atoms with Gasteiger partial charge in [-0.2, -0.15) is 18.3 Å². The Kier molecular flexibility index (Phi) is 5.14. The Morgan fingerprint density at radius 3 is 2.81 bits per heavy atom. The molecule has 0 fully saturated rings. The number of aromatic nitrogens is 2. The molecule has 1 amide bonds. The summed E-state index contributed by atoms with van der Waals surface area (Å²) in [5.41, 5.74) is 1.03. The van der Waals surface area contributed by atoms with Crippen LogP contribution in [0, 0.1) is 6.92 Å². The van der Waals surface area contributed by atoms with Crippen LogP contribution in [0.15, 0.2) is 29.6 Å². The molecule has 3 rings (SSSR count). The van der Waals surface area contributed by atoms with E-state index in [2.05, 4.69) is 15.6 Å². The number of oxime groups is 1. The van der Waals surface area contributed by atoms with Gasteiger partial charge >= 0.3 is 6.18 Å². The van der Waals surface area contributed by atoms with E-state index in [1.165, 1.54) is 0 Å². The van der Waals surface area contributed by atoms with E-state index in [1.807, 2.05) is 20.0 Å². The van der Waals surface area contributed by atoms with Crippen molar-refractivity contribution in [3.63, 3.8) is 0 Å². The number of amides is 1. The molecule has 0 radical (unpaired) electrons. The lowest BCUT2D eigenvalue weighted by Crippen LogP contribution is -2.28. The first-order valence-electron chi connectivity index (χ1n) is 8.13. The standard InChI is InChI=1S/C17H16ClF3N4O2/c1-3-25-8-11(9(2)23-25)13-7-15(27-24-13)16(26)22-14-6-10(17(19,20)21)4-5-12(14)18/h4-6,8,15H,3,7H2,1-2H3,(H,22,26)/t15-/m1/s1. The first-order chi connectivity index (χ1) is 12.7. The van der Waals surface area contributed by atoms with E-state index in [4.69, 9.17) is 16.4 Å². The summed E-state index contributed by atoms with van der Waals surface area (Å²) >= 11 is 5.90. The van der Waals surface area contributed by atoms with Gasteiger partial charge in [0.1, 0.15) is 0 Å². The van der Waals surface area contributed by atoms with E-state index in [0.29, 0.717) is 12.3 Å². The van der Waals surface area contributed by atoms with Crippen LogP contribution in [-0.4, -0.2) is 27.5 Å². The predicted octanol–water partition coefficient (Wildman–Crippen LogP) is 4.02. The number of hydrogen-bond acceptors (Lipinski definition) is 4. The number of rotatable bonds is 4. The van der Waals surface area contributed by atoms with Gasteiger partial charge in [0, 0.05) is 24.7 Å². The highest BCUT2D eigenvalue weighted by molar-refractivity contribution is 6.33. The van der Waals surface area contributed by atoms with Crippen LogP contribution in [0.25, 0.3) is 0 Å². The monoisotopic (exact) mass is 400 g/mol. The van der Waals surface area contributed by atoms with Gasteiger partial charge in [-0.15, -0.1) is 0 Å². The fourth-order valence-corrected chi connectivity index (χ4v) is 2.82. The number of anilines is 1. The Labute approximate surface area is 157 Å². The van der Waals surface area contributed by atoms with Gasteiger partial charge in [-0.25, -0.2) is 0 Å². The van der Waals surface area contributed by atoms with Gasteiger partial charge in [0.05, 0.1) is 27.7 Å². The lowest BCUT2D eigenvalue weighted by atomic mass is 10.1. The molecule has 0 bridgehead atoms. The molecule has 2 aromatic rings. The molecule has 0 aliphatic carbocycles. The zero-order chi connectivity index (χ0) is 19.8. The number of halogens is 4. The van der Waals surface area contributed by atoms with Gasteiger partial charge < -0.3 is 10.2 Å². The topological polar surface area (TPSA) is 68.5 Å². The molecule has 1 N–H and O–H groups in total. The maximum atomic E-state index is 12.8. The summed E-state index contributed by atoms with van der Waals surface area (Å²) in [6.07, 6.45) is -3.52. The molecule has 27 heavy (non-hydrogen) atoms. The van der Waals surface area contributed by atoms with Crippen LogP contribution in [0.1, 0.15) is 30.2 Å². The number of nitrogens with zero attached hydrogens (tertiary/aromatic N) is 3. The number of benzene rings is 1. The molecule has 1 atom stereocenters. The normalized spacial score (nSPS) is 16.8. The Morgan fingerprint density at radius 1 is 1.44 bits per heavy atom. The second-order valence-electron chi connectivity index (χ2n) is 6.00. The first-order valence-corrected chi connectivity index (χ1v) is 8.51. The summed E-state index contributed by atoms with van der Waals surface area (Å²) in [6.45, 7) is 4.45. The summed E-state index contributed by atoms with van der Waals surface area (Å²) in [5, 5.41) is 10.6. The van der Waals surface area contributed by atoms with Crippen molar-refractivity contribution in [1.82, 2.24) is 9.78 Å². The Morgan fingerprint density at radius 2 is 2.19 bits per heavy atom. The molecule has 1 aromatic carbocycles. The number of carbonyl (C=O) groups excluding carboxylic acids is 1. The quantitative estimate of drug-likeness (QED) is 0.843. The van der Waals surface area contributed by atoms with E-state index in [1.54, 1.807) is 4.68 Å². The average molecular weight is 401 g/mol. The number of hydrogen-bond donors (Lipinski definition) is 1. The largest absolute Gasteiger partial charge is 0.416 e. The minimum Gasteiger partial charge on any atom is -0.382 e. The van der Waals surface area contributed by atoms with Crippen LogP contribution in [0.5, 0.6) is 0 Å². The van der Waals surface area contributed by atoms with Crippen LogP contribution < -0.4 is 5.32 Å². The average Bonchev–Trinajstić information content (AvgIpc) is 3.22. The molecule has 0 spiro atoms. The summed E-state index contributed by atoms with van der Waals surface area (Å²) < 4.78 is 40.3. The maximum Gasteiger partial charge on any atom is 0.416 e. The second-order valence-corrected chi connectivity index (χ2v) is 6.41. The van der Waals surface area contributed by atoms with Gasteiger partial charge in [-0.05, 0) is 32.0 Å². The number of alkyl halides is 3. The van der Waals surface area contributed by atoms with Crippen LogP contribution in [-0.2, 0) is 22.4 Å². The van der Waals surface area contributed by atoms with Crippen molar-refractivity contribution in [2.24, 2.45) is 5.16 Å². The van der Waals surface area contributed by atoms with Crippen molar-refractivity contribution in [2.75, 3.05) is 5.32 Å². The SMILES string of the molecule is CCn1cc(C2=NO[C@@H](C(=O)Nc3cc(C(F)(F)F)ccc3Cl)C2)c(C)n1. The number of carbonyl (C=O) groups is 1. The van der Waals surface area contributed by atoms with Gasteiger partial charge in [-0.3, -0.25) is 9.48 Å². The summed E-state index contributed by atoms with van der Waals surface area (Å²) in [5.74, 6) is -0.629. The zero-order valence-corrected chi connectivity index (χ0v) is 15.2. The lowest BCUT2D eigenvalue weighted by Gasteiger charge is -2.13. The second kappa shape index (κ2) is 7.22. The molecule has 1 aliphatic rings. The van der Waals surface area contributed by atoms with Crippen LogP contribution in [0.3, 0.4) is 0 Å². The van der Waals surface area contributed by atoms with Crippen molar-refractivity contribution in [1.29, 1.82) is 0 Å². The molecule has 0 saturated heterocycles. The molecule has 10 heteroatoms. The van der Waals surface area contributed by atoms with E-state index in [9.17, 15) is 18.0 Å². The Hall–Kier alpha value is -2.55. The molecule has 144 valence electrons. The molecule has 1 aliphatic heterocycles. The lowest BCUT2D eigenvalue weighted by molar-refractivity contribution is -0.137. The van der Waals surface area contributed by atoms with Crippen molar-refractivity contribution in [3.8, 4) is 0 Å². The third-order valence-corrected chi connectivity index (χ3v) is 4.42. The van der Waals surface area contributed by atoms with Gasteiger partial charge in [0.2, 0.25) is 6.10 Å². The summed E-state index contributed by atoms with van der Waals surface area (Å²) in [7, 11) is 0. The molecular formula is C17H16ClF3N4O2. The molecular weight excluding hydrogens is 385 g/mol. The van der Waals surface area contributed by atoms with Gasteiger partial charge in [0.25, 0.3) is 5.91 Å². The highest BCUT2D eigenvalue weighted by atomic mass is 35.5. The molecule has 1 aromatic heterocycles. The third-order valence-electron chi connectivity index (χ3n) is 4.09. The predicted molar refractivity (Wildman–Crippen MR) is 93.7 cm³/mol. The third kappa shape index (κ3) is 4.08. The maximum absolute atomic E-state index is 12.8. The molecule has 0 saturated carbocycles. The van der Waals surface area contributed by atoms with Crippen molar-refractivity contribution < 1.29 is 22.8 Å². The fraction of sp³-hybridized carbons (Fsp3) is 0.353. The van der Waals surface area contributed by atoms with Crippen molar-refractivity contribution in [3.05, 3.63) is 46.2 Å². The van der Waals surface area contributed by atoms with E-state index in [-0.39, 0.29) is 17.1 Å². The van der Waals surface area contributed by atoms with E-state index >= 15 is 0 Å². The highest BCUT2D eigenvalue weighted by Crippen LogP contribution is 2.34. The van der Waals surface area contributed by atoms with Crippen LogP contribution in [0.4, 0.5) is 18.9 Å². The van der Waals surface area contributed by atoms with Gasteiger partial charge in [-0.1, -0.05) is 16.8 Å². The minimum atomic E-state index is -4.54. The van der Waals surface area contributed by atoms with E-state index in [0.717, 1.165) is 29.5 Å². The summed E-state index contributed by atoms with van der Waals surface area (Å²) in [6, 6.07) is 2.71. The minimum absolute atomic E-state index is 0.00412. The number of nitrogens with one attached hydrogen (secondary N) is 1. The van der Waals surface area contributed by atoms with Crippen LogP contribution in [0.2, 0.25) is 5.02 Å².